The molecule has 0 aliphatic carbocycles. The normalized spacial score (nSPS) is 12.6. The first-order chi connectivity index (χ1) is 4.42. The first kappa shape index (κ1) is 9.96. The van der Waals surface area contributed by atoms with Gasteiger partial charge >= 0.3 is 0 Å². The molecule has 0 radical (unpaired) electrons. The van der Waals surface area contributed by atoms with Crippen molar-refractivity contribution in [3.8, 4) is 0 Å². The van der Waals surface area contributed by atoms with Crippen LogP contribution in [0.3, 0.4) is 0 Å². The minimum atomic E-state index is 0. The minimum Gasteiger partial charge on any atom is -0.316 e. The van der Waals surface area contributed by atoms with E-state index in [4.69, 9.17) is 0 Å². The van der Waals surface area contributed by atoms with Crippen molar-refractivity contribution < 1.29 is 1.43 Å². The molecule has 0 aliphatic heterocycles. The predicted octanol–water partition coefficient (Wildman–Crippen LogP) is 2.52. The van der Waals surface area contributed by atoms with Gasteiger partial charge in [-0.3, -0.25) is 0 Å². The first-order valence-electron chi connectivity index (χ1n) is 4.12. The molecule has 0 aliphatic rings. The van der Waals surface area contributed by atoms with E-state index in [-0.39, 0.29) is 1.43 Å². The molecule has 0 rings (SSSR count). The van der Waals surface area contributed by atoms with Crippen LogP contribution in [0.25, 0.3) is 0 Å². The molecule has 0 fully saturated rings. The summed E-state index contributed by atoms with van der Waals surface area (Å²) in [5.41, 5.74) is 0.425. The molecule has 0 aromatic carbocycles. The largest absolute Gasteiger partial charge is 0.316 e. The molecule has 0 amide bonds. The molecule has 1 nitrogen and oxygen atoms in total. The molecule has 0 heterocycles. The molecular formula is C9H23N. The fourth-order valence-electron chi connectivity index (χ4n) is 0.736. The quantitative estimate of drug-likeness (QED) is 0.643. The van der Waals surface area contributed by atoms with Crippen LogP contribution >= 0.6 is 0 Å². The summed E-state index contributed by atoms with van der Waals surface area (Å²) in [6.07, 6.45) is 0. The standard InChI is InChI=1S/C9H21N.H2/c1-8(2)6-10-7-9(3,4)5;/h8,10H,6-7H2,1-5H3;1H. The van der Waals surface area contributed by atoms with Crippen LogP contribution in [0.15, 0.2) is 0 Å². The zero-order valence-corrected chi connectivity index (χ0v) is 7.99. The molecular weight excluding hydrogens is 122 g/mol. The monoisotopic (exact) mass is 145 g/mol. The Morgan fingerprint density at radius 3 is 2.10 bits per heavy atom. The van der Waals surface area contributed by atoms with Crippen LogP contribution in [-0.2, 0) is 0 Å². The fraction of sp³-hybridized carbons (Fsp3) is 1.00. The van der Waals surface area contributed by atoms with Gasteiger partial charge < -0.3 is 5.32 Å². The molecule has 0 spiro atoms. The van der Waals surface area contributed by atoms with Crippen molar-refractivity contribution in [3.05, 3.63) is 0 Å². The number of rotatable bonds is 3. The Balaban J connectivity index is 0. The van der Waals surface area contributed by atoms with E-state index < -0.39 is 0 Å². The lowest BCUT2D eigenvalue weighted by Crippen LogP contribution is -2.29. The van der Waals surface area contributed by atoms with E-state index >= 15 is 0 Å². The molecule has 0 atom stereocenters. The van der Waals surface area contributed by atoms with Gasteiger partial charge in [-0.05, 0) is 24.4 Å². The average molecular weight is 145 g/mol. The Morgan fingerprint density at radius 2 is 1.80 bits per heavy atom. The third kappa shape index (κ3) is 7.96. The third-order valence-electron chi connectivity index (χ3n) is 1.21. The summed E-state index contributed by atoms with van der Waals surface area (Å²) in [6, 6.07) is 0. The maximum absolute atomic E-state index is 3.42. The second-order valence-electron chi connectivity index (χ2n) is 4.59. The van der Waals surface area contributed by atoms with Gasteiger partial charge in [0.2, 0.25) is 0 Å². The van der Waals surface area contributed by atoms with Crippen molar-refractivity contribution >= 4 is 0 Å². The van der Waals surface area contributed by atoms with Crippen LogP contribution in [0.1, 0.15) is 36.0 Å². The molecule has 64 valence electrons. The van der Waals surface area contributed by atoms with Gasteiger partial charge in [-0.25, -0.2) is 0 Å². The smallest absolute Gasteiger partial charge is 0 e. The molecule has 0 saturated heterocycles. The summed E-state index contributed by atoms with van der Waals surface area (Å²) in [7, 11) is 0. The lowest BCUT2D eigenvalue weighted by Gasteiger charge is -2.19. The summed E-state index contributed by atoms with van der Waals surface area (Å²) in [4.78, 5) is 0. The number of nitrogens with one attached hydrogen (secondary N) is 1. The van der Waals surface area contributed by atoms with E-state index in [1.165, 1.54) is 0 Å². The van der Waals surface area contributed by atoms with Crippen LogP contribution in [-0.4, -0.2) is 13.1 Å². The van der Waals surface area contributed by atoms with E-state index in [2.05, 4.69) is 39.9 Å². The van der Waals surface area contributed by atoms with Crippen molar-refractivity contribution in [1.82, 2.24) is 5.32 Å². The molecule has 0 aromatic heterocycles. The molecule has 0 aromatic rings. The van der Waals surface area contributed by atoms with Crippen molar-refractivity contribution in [2.45, 2.75) is 34.6 Å². The van der Waals surface area contributed by atoms with Gasteiger partial charge in [-0.15, -0.1) is 0 Å². The molecule has 1 heteroatoms. The number of hydrogen-bond acceptors (Lipinski definition) is 1. The van der Waals surface area contributed by atoms with Crippen LogP contribution in [0.2, 0.25) is 0 Å². The lowest BCUT2D eigenvalue weighted by molar-refractivity contribution is 0.368. The zero-order valence-electron chi connectivity index (χ0n) is 7.99. The predicted molar refractivity (Wildman–Crippen MR) is 49.3 cm³/mol. The topological polar surface area (TPSA) is 12.0 Å². The van der Waals surface area contributed by atoms with Crippen LogP contribution < -0.4 is 5.32 Å². The van der Waals surface area contributed by atoms with Gasteiger partial charge in [0.1, 0.15) is 0 Å². The zero-order chi connectivity index (χ0) is 8.20. The van der Waals surface area contributed by atoms with Crippen LogP contribution in [0, 0.1) is 11.3 Å². The Labute approximate surface area is 66.7 Å². The Morgan fingerprint density at radius 1 is 1.30 bits per heavy atom. The van der Waals surface area contributed by atoms with E-state index in [0.717, 1.165) is 19.0 Å². The summed E-state index contributed by atoms with van der Waals surface area (Å²) in [5.74, 6) is 0.766. The fourth-order valence-corrected chi connectivity index (χ4v) is 0.736. The van der Waals surface area contributed by atoms with Gasteiger partial charge in [0, 0.05) is 1.43 Å². The second kappa shape index (κ2) is 3.97. The van der Waals surface area contributed by atoms with Crippen molar-refractivity contribution in [1.29, 1.82) is 0 Å². The molecule has 0 unspecified atom stereocenters. The molecule has 1 N–H and O–H groups in total. The van der Waals surface area contributed by atoms with Gasteiger partial charge in [-0.1, -0.05) is 34.6 Å². The SMILES string of the molecule is CC(C)CNCC(C)(C)C.[HH]. The number of hydrogen-bond donors (Lipinski definition) is 1. The van der Waals surface area contributed by atoms with E-state index in [0.29, 0.717) is 5.41 Å². The van der Waals surface area contributed by atoms with Crippen molar-refractivity contribution in [2.75, 3.05) is 13.1 Å². The van der Waals surface area contributed by atoms with Gasteiger partial charge in [0.15, 0.2) is 0 Å². The summed E-state index contributed by atoms with van der Waals surface area (Å²) in [5, 5.41) is 3.42. The summed E-state index contributed by atoms with van der Waals surface area (Å²) >= 11 is 0. The van der Waals surface area contributed by atoms with Crippen molar-refractivity contribution in [3.63, 3.8) is 0 Å². The van der Waals surface area contributed by atoms with Gasteiger partial charge in [0.05, 0.1) is 0 Å². The van der Waals surface area contributed by atoms with E-state index in [1.54, 1.807) is 0 Å². The Bertz CT molecular complexity index is 84.1. The molecule has 0 bridgehead atoms. The Kier molecular flexibility index (Phi) is 3.95. The maximum atomic E-state index is 3.42. The highest BCUT2D eigenvalue weighted by Crippen LogP contribution is 2.10. The van der Waals surface area contributed by atoms with E-state index in [9.17, 15) is 0 Å². The van der Waals surface area contributed by atoms with Gasteiger partial charge in [-0.2, -0.15) is 0 Å². The van der Waals surface area contributed by atoms with Crippen molar-refractivity contribution in [2.24, 2.45) is 11.3 Å². The summed E-state index contributed by atoms with van der Waals surface area (Å²) < 4.78 is 0. The minimum absolute atomic E-state index is 0. The second-order valence-corrected chi connectivity index (χ2v) is 4.59. The first-order valence-corrected chi connectivity index (χ1v) is 4.12. The van der Waals surface area contributed by atoms with Crippen LogP contribution in [0.5, 0.6) is 0 Å². The lowest BCUT2D eigenvalue weighted by atomic mass is 9.97. The maximum Gasteiger partial charge on any atom is 0 e. The van der Waals surface area contributed by atoms with E-state index in [1.807, 2.05) is 0 Å². The third-order valence-corrected chi connectivity index (χ3v) is 1.21. The highest BCUT2D eigenvalue weighted by Gasteiger charge is 2.08. The Hall–Kier alpha value is -0.0400. The van der Waals surface area contributed by atoms with Gasteiger partial charge in [0.25, 0.3) is 0 Å². The average Bonchev–Trinajstić information content (AvgIpc) is 1.59. The molecule has 0 saturated carbocycles. The summed E-state index contributed by atoms with van der Waals surface area (Å²) in [6.45, 7) is 13.5. The highest BCUT2D eigenvalue weighted by atomic mass is 14.9. The molecule has 10 heavy (non-hydrogen) atoms. The van der Waals surface area contributed by atoms with Crippen LogP contribution in [0.4, 0.5) is 0 Å². The highest BCUT2D eigenvalue weighted by molar-refractivity contribution is 4.64.